The van der Waals surface area contributed by atoms with Crippen LogP contribution in [0.15, 0.2) is 0 Å². The molecule has 13 heavy (non-hydrogen) atoms. The molecule has 0 bridgehead atoms. The minimum atomic E-state index is 0.496. The van der Waals surface area contributed by atoms with Gasteiger partial charge in [-0.1, -0.05) is 27.2 Å². The molecule has 76 valence electrons. The average molecular weight is 182 g/mol. The van der Waals surface area contributed by atoms with E-state index >= 15 is 0 Å². The van der Waals surface area contributed by atoms with E-state index in [1.54, 1.807) is 0 Å². The minimum absolute atomic E-state index is 0.496. The Labute approximate surface area is 81.9 Å². The van der Waals surface area contributed by atoms with Crippen LogP contribution in [0.1, 0.15) is 52.9 Å². The van der Waals surface area contributed by atoms with Crippen molar-refractivity contribution >= 4 is 5.78 Å². The molecular formula is C12H22O. The molecule has 0 aromatic rings. The zero-order valence-electron chi connectivity index (χ0n) is 9.18. The monoisotopic (exact) mass is 182 g/mol. The third-order valence-electron chi connectivity index (χ3n) is 3.25. The van der Waals surface area contributed by atoms with Gasteiger partial charge in [-0.2, -0.15) is 0 Å². The van der Waals surface area contributed by atoms with Gasteiger partial charge in [0.2, 0.25) is 0 Å². The van der Waals surface area contributed by atoms with Crippen molar-refractivity contribution in [2.75, 3.05) is 0 Å². The number of rotatable bonds is 3. The molecule has 0 radical (unpaired) electrons. The van der Waals surface area contributed by atoms with Crippen molar-refractivity contribution in [3.05, 3.63) is 0 Å². The number of Topliss-reactive ketones (excluding diaryl/α,β-unsaturated/α-hetero) is 1. The molecule has 1 aliphatic carbocycles. The predicted octanol–water partition coefficient (Wildman–Crippen LogP) is 3.43. The van der Waals surface area contributed by atoms with Gasteiger partial charge in [-0.05, 0) is 30.6 Å². The van der Waals surface area contributed by atoms with Crippen LogP contribution < -0.4 is 0 Å². The smallest absolute Gasteiger partial charge is 0.133 e. The second-order valence-electron chi connectivity index (χ2n) is 4.84. The molecule has 1 rings (SSSR count). The summed E-state index contributed by atoms with van der Waals surface area (Å²) >= 11 is 0. The van der Waals surface area contributed by atoms with Gasteiger partial charge in [0.25, 0.3) is 0 Å². The van der Waals surface area contributed by atoms with Gasteiger partial charge in [-0.3, -0.25) is 4.79 Å². The Hall–Kier alpha value is -0.330. The van der Waals surface area contributed by atoms with Crippen LogP contribution in [0.3, 0.4) is 0 Å². The Morgan fingerprint density at radius 2 is 2.08 bits per heavy atom. The average Bonchev–Trinajstić information content (AvgIpc) is 2.03. The van der Waals surface area contributed by atoms with Crippen LogP contribution in [-0.2, 0) is 4.79 Å². The number of carbonyl (C=O) groups excluding carboxylic acids is 1. The van der Waals surface area contributed by atoms with Gasteiger partial charge >= 0.3 is 0 Å². The minimum Gasteiger partial charge on any atom is -0.300 e. The van der Waals surface area contributed by atoms with E-state index in [9.17, 15) is 4.79 Å². The Bertz CT molecular complexity index is 172. The molecule has 1 heteroatoms. The fraction of sp³-hybridized carbons (Fsp3) is 0.917. The highest BCUT2D eigenvalue weighted by Gasteiger charge is 2.28. The van der Waals surface area contributed by atoms with E-state index < -0.39 is 0 Å². The molecule has 1 aliphatic rings. The van der Waals surface area contributed by atoms with Crippen molar-refractivity contribution in [3.63, 3.8) is 0 Å². The maximum atomic E-state index is 11.3. The quantitative estimate of drug-likeness (QED) is 0.653. The lowest BCUT2D eigenvalue weighted by molar-refractivity contribution is -0.122. The summed E-state index contributed by atoms with van der Waals surface area (Å²) in [6.07, 6.45) is 5.34. The van der Waals surface area contributed by atoms with Crippen molar-refractivity contribution < 1.29 is 4.79 Å². The molecule has 0 amide bonds. The molecule has 1 fully saturated rings. The van der Waals surface area contributed by atoms with E-state index in [1.165, 1.54) is 12.8 Å². The first kappa shape index (κ1) is 10.7. The second kappa shape index (κ2) is 4.78. The molecule has 2 atom stereocenters. The Morgan fingerprint density at radius 3 is 2.62 bits per heavy atom. The summed E-state index contributed by atoms with van der Waals surface area (Å²) in [4.78, 5) is 11.3. The largest absolute Gasteiger partial charge is 0.300 e. The van der Waals surface area contributed by atoms with Gasteiger partial charge < -0.3 is 0 Å². The number of ketones is 1. The highest BCUT2D eigenvalue weighted by Crippen LogP contribution is 2.34. The molecule has 0 aromatic heterocycles. The standard InChI is InChI=1S/C12H22O/c1-4-10-5-6-12(13)8-11(10)7-9(2)3/h9-11H,4-8H2,1-3H3. The molecule has 1 saturated carbocycles. The van der Waals surface area contributed by atoms with Crippen LogP contribution in [0.25, 0.3) is 0 Å². The van der Waals surface area contributed by atoms with Crippen molar-refractivity contribution in [2.24, 2.45) is 17.8 Å². The third-order valence-corrected chi connectivity index (χ3v) is 3.25. The summed E-state index contributed by atoms with van der Waals surface area (Å²) in [6, 6.07) is 0. The third kappa shape index (κ3) is 3.13. The molecular weight excluding hydrogens is 160 g/mol. The summed E-state index contributed by atoms with van der Waals surface area (Å²) in [5, 5.41) is 0. The van der Waals surface area contributed by atoms with Crippen molar-refractivity contribution in [1.82, 2.24) is 0 Å². The van der Waals surface area contributed by atoms with Gasteiger partial charge in [-0.25, -0.2) is 0 Å². The highest BCUT2D eigenvalue weighted by molar-refractivity contribution is 5.79. The van der Waals surface area contributed by atoms with Gasteiger partial charge in [0.15, 0.2) is 0 Å². The number of carbonyl (C=O) groups is 1. The van der Waals surface area contributed by atoms with E-state index in [-0.39, 0.29) is 0 Å². The topological polar surface area (TPSA) is 17.1 Å². The van der Waals surface area contributed by atoms with Crippen molar-refractivity contribution in [3.8, 4) is 0 Å². The molecule has 2 unspecified atom stereocenters. The molecule has 0 N–H and O–H groups in total. The van der Waals surface area contributed by atoms with Crippen molar-refractivity contribution in [1.29, 1.82) is 0 Å². The summed E-state index contributed by atoms with van der Waals surface area (Å²) in [7, 11) is 0. The fourth-order valence-corrected chi connectivity index (χ4v) is 2.56. The van der Waals surface area contributed by atoms with E-state index in [0.717, 1.165) is 31.1 Å². The Balaban J connectivity index is 2.49. The molecule has 0 spiro atoms. The van der Waals surface area contributed by atoms with Crippen LogP contribution in [0.2, 0.25) is 0 Å². The summed E-state index contributed by atoms with van der Waals surface area (Å²) in [5.41, 5.74) is 0. The zero-order chi connectivity index (χ0) is 9.84. The van der Waals surface area contributed by atoms with Crippen molar-refractivity contribution in [2.45, 2.75) is 52.9 Å². The fourth-order valence-electron chi connectivity index (χ4n) is 2.56. The number of hydrogen-bond acceptors (Lipinski definition) is 1. The van der Waals surface area contributed by atoms with Crippen LogP contribution in [0, 0.1) is 17.8 Å². The van der Waals surface area contributed by atoms with Crippen LogP contribution >= 0.6 is 0 Å². The first-order valence-corrected chi connectivity index (χ1v) is 5.65. The number of hydrogen-bond donors (Lipinski definition) is 0. The Kier molecular flexibility index (Phi) is 3.95. The van der Waals surface area contributed by atoms with Crippen LogP contribution in [-0.4, -0.2) is 5.78 Å². The molecule has 0 aliphatic heterocycles. The first-order valence-electron chi connectivity index (χ1n) is 5.65. The second-order valence-corrected chi connectivity index (χ2v) is 4.84. The van der Waals surface area contributed by atoms with E-state index in [1.807, 2.05) is 0 Å². The maximum absolute atomic E-state index is 11.3. The summed E-state index contributed by atoms with van der Waals surface area (Å²) < 4.78 is 0. The molecule has 0 aromatic carbocycles. The summed E-state index contributed by atoms with van der Waals surface area (Å²) in [5.74, 6) is 2.74. The van der Waals surface area contributed by atoms with Gasteiger partial charge in [0.1, 0.15) is 5.78 Å². The highest BCUT2D eigenvalue weighted by atomic mass is 16.1. The zero-order valence-corrected chi connectivity index (χ0v) is 9.18. The van der Waals surface area contributed by atoms with E-state index in [0.29, 0.717) is 11.7 Å². The maximum Gasteiger partial charge on any atom is 0.133 e. The normalized spacial score (nSPS) is 29.7. The predicted molar refractivity (Wildman–Crippen MR) is 55.6 cm³/mol. The lowest BCUT2D eigenvalue weighted by Crippen LogP contribution is -2.25. The lowest BCUT2D eigenvalue weighted by atomic mass is 9.74. The van der Waals surface area contributed by atoms with Gasteiger partial charge in [0.05, 0.1) is 0 Å². The van der Waals surface area contributed by atoms with Crippen LogP contribution in [0.4, 0.5) is 0 Å². The Morgan fingerprint density at radius 1 is 1.38 bits per heavy atom. The molecule has 0 heterocycles. The lowest BCUT2D eigenvalue weighted by Gasteiger charge is -2.31. The van der Waals surface area contributed by atoms with E-state index in [4.69, 9.17) is 0 Å². The van der Waals surface area contributed by atoms with Gasteiger partial charge in [0, 0.05) is 12.8 Å². The molecule has 1 nitrogen and oxygen atoms in total. The first-order chi connectivity index (χ1) is 6.13. The van der Waals surface area contributed by atoms with Crippen LogP contribution in [0.5, 0.6) is 0 Å². The van der Waals surface area contributed by atoms with E-state index in [2.05, 4.69) is 20.8 Å². The van der Waals surface area contributed by atoms with Gasteiger partial charge in [-0.15, -0.1) is 0 Å². The SMILES string of the molecule is CCC1CCC(=O)CC1CC(C)C. The molecule has 0 saturated heterocycles. The summed E-state index contributed by atoms with van der Waals surface area (Å²) in [6.45, 7) is 6.77.